The third kappa shape index (κ3) is 3.99. The van der Waals surface area contributed by atoms with Gasteiger partial charge in [-0.25, -0.2) is 4.79 Å². The van der Waals surface area contributed by atoms with Crippen LogP contribution in [0.4, 0.5) is 0 Å². The van der Waals surface area contributed by atoms with E-state index in [0.717, 1.165) is 5.56 Å². The maximum atomic E-state index is 10.9. The van der Waals surface area contributed by atoms with Crippen molar-refractivity contribution in [2.75, 3.05) is 0 Å². The van der Waals surface area contributed by atoms with Gasteiger partial charge in [-0.15, -0.1) is 0 Å². The van der Waals surface area contributed by atoms with Crippen molar-refractivity contribution in [1.29, 1.82) is 0 Å². The van der Waals surface area contributed by atoms with Crippen LogP contribution in [0.5, 0.6) is 0 Å². The van der Waals surface area contributed by atoms with Crippen LogP contribution in [0.15, 0.2) is 53.4 Å². The average Bonchev–Trinajstić information content (AvgIpc) is 2.42. The molecule has 0 saturated heterocycles. The summed E-state index contributed by atoms with van der Waals surface area (Å²) in [6.07, 6.45) is 0. The van der Waals surface area contributed by atoms with Crippen molar-refractivity contribution in [2.24, 2.45) is 0 Å². The van der Waals surface area contributed by atoms with Crippen LogP contribution in [-0.4, -0.2) is 11.1 Å². The predicted octanol–water partition coefficient (Wildman–Crippen LogP) is 3.84. The molecule has 0 aromatic heterocycles. The highest BCUT2D eigenvalue weighted by Gasteiger charge is 2.07. The fourth-order valence-electron chi connectivity index (χ4n) is 1.51. The summed E-state index contributed by atoms with van der Waals surface area (Å²) in [4.78, 5) is 11.6. The number of aromatic carboxylic acids is 1. The molecule has 3 nitrogen and oxygen atoms in total. The molecule has 0 unspecified atom stereocenters. The number of nitrogens with one attached hydrogen (secondary N) is 1. The summed E-state index contributed by atoms with van der Waals surface area (Å²) in [5, 5.41) is 9.47. The zero-order chi connectivity index (χ0) is 13.7. The molecule has 2 rings (SSSR count). The van der Waals surface area contributed by atoms with Gasteiger partial charge in [0.2, 0.25) is 0 Å². The molecule has 0 saturated carbocycles. The topological polar surface area (TPSA) is 49.3 Å². The van der Waals surface area contributed by atoms with Crippen LogP contribution < -0.4 is 4.72 Å². The minimum absolute atomic E-state index is 0.230. The maximum Gasteiger partial charge on any atom is 0.335 e. The predicted molar refractivity (Wildman–Crippen MR) is 77.6 cm³/mol. The van der Waals surface area contributed by atoms with E-state index in [2.05, 4.69) is 4.72 Å². The van der Waals surface area contributed by atoms with E-state index < -0.39 is 5.97 Å². The number of halogens is 1. The van der Waals surface area contributed by atoms with E-state index in [-0.39, 0.29) is 5.56 Å². The van der Waals surface area contributed by atoms with E-state index in [4.69, 9.17) is 16.7 Å². The minimum atomic E-state index is -0.957. The summed E-state index contributed by atoms with van der Waals surface area (Å²) in [7, 11) is 0. The van der Waals surface area contributed by atoms with Gasteiger partial charge in [0.15, 0.2) is 0 Å². The molecule has 0 radical (unpaired) electrons. The SMILES string of the molecule is O=C(O)c1ccc(Cl)c(SNCc2ccccc2)c1. The summed E-state index contributed by atoms with van der Waals surface area (Å²) in [6, 6.07) is 14.6. The number of hydrogen-bond acceptors (Lipinski definition) is 3. The second-order valence-electron chi connectivity index (χ2n) is 3.86. The molecule has 0 atom stereocenters. The van der Waals surface area contributed by atoms with E-state index in [9.17, 15) is 4.79 Å². The molecule has 2 aromatic rings. The van der Waals surface area contributed by atoms with Crippen molar-refractivity contribution in [2.45, 2.75) is 11.4 Å². The lowest BCUT2D eigenvalue weighted by Crippen LogP contribution is -2.03. The van der Waals surface area contributed by atoms with Crippen LogP contribution in [0.25, 0.3) is 0 Å². The Morgan fingerprint density at radius 3 is 2.63 bits per heavy atom. The molecule has 2 N–H and O–H groups in total. The largest absolute Gasteiger partial charge is 0.478 e. The van der Waals surface area contributed by atoms with Gasteiger partial charge >= 0.3 is 5.97 Å². The monoisotopic (exact) mass is 293 g/mol. The third-order valence-corrected chi connectivity index (χ3v) is 3.77. The van der Waals surface area contributed by atoms with Crippen molar-refractivity contribution in [3.05, 3.63) is 64.7 Å². The smallest absolute Gasteiger partial charge is 0.335 e. The van der Waals surface area contributed by atoms with E-state index >= 15 is 0 Å². The van der Waals surface area contributed by atoms with Gasteiger partial charge in [-0.1, -0.05) is 41.9 Å². The van der Waals surface area contributed by atoms with Crippen LogP contribution in [0, 0.1) is 0 Å². The van der Waals surface area contributed by atoms with Crippen molar-refractivity contribution in [3.63, 3.8) is 0 Å². The second kappa shape index (κ2) is 6.61. The molecule has 2 aromatic carbocycles. The van der Waals surface area contributed by atoms with Crippen molar-refractivity contribution < 1.29 is 9.90 Å². The fraction of sp³-hybridized carbons (Fsp3) is 0.0714. The lowest BCUT2D eigenvalue weighted by Gasteiger charge is -2.07. The van der Waals surface area contributed by atoms with Gasteiger partial charge in [0.25, 0.3) is 0 Å². The highest BCUT2D eigenvalue weighted by molar-refractivity contribution is 7.97. The van der Waals surface area contributed by atoms with Crippen LogP contribution in [0.2, 0.25) is 5.02 Å². The van der Waals surface area contributed by atoms with Gasteiger partial charge in [-0.3, -0.25) is 4.72 Å². The minimum Gasteiger partial charge on any atom is -0.478 e. The van der Waals surface area contributed by atoms with Gasteiger partial charge in [-0.05, 0) is 35.7 Å². The first kappa shape index (κ1) is 13.9. The van der Waals surface area contributed by atoms with Crippen LogP contribution >= 0.6 is 23.5 Å². The maximum absolute atomic E-state index is 10.9. The van der Waals surface area contributed by atoms with Gasteiger partial charge < -0.3 is 5.11 Å². The number of carboxylic acid groups (broad SMARTS) is 1. The van der Waals surface area contributed by atoms with Crippen molar-refractivity contribution >= 4 is 29.5 Å². The highest BCUT2D eigenvalue weighted by Crippen LogP contribution is 2.26. The molecule has 0 aliphatic carbocycles. The molecule has 0 aliphatic rings. The Hall–Kier alpha value is -1.49. The Kier molecular flexibility index (Phi) is 4.85. The lowest BCUT2D eigenvalue weighted by atomic mass is 10.2. The number of hydrogen-bond donors (Lipinski definition) is 2. The average molecular weight is 294 g/mol. The van der Waals surface area contributed by atoms with E-state index in [1.54, 1.807) is 12.1 Å². The molecule has 0 aliphatic heterocycles. The first-order valence-corrected chi connectivity index (χ1v) is 6.83. The molecule has 19 heavy (non-hydrogen) atoms. The van der Waals surface area contributed by atoms with E-state index in [0.29, 0.717) is 16.5 Å². The number of rotatable bonds is 5. The Morgan fingerprint density at radius 2 is 1.95 bits per heavy atom. The highest BCUT2D eigenvalue weighted by atomic mass is 35.5. The van der Waals surface area contributed by atoms with E-state index in [1.165, 1.54) is 18.0 Å². The van der Waals surface area contributed by atoms with Gasteiger partial charge in [-0.2, -0.15) is 0 Å². The number of carboxylic acids is 1. The molecule has 0 spiro atoms. The summed E-state index contributed by atoms with van der Waals surface area (Å²) in [6.45, 7) is 0.680. The van der Waals surface area contributed by atoms with Gasteiger partial charge in [0.1, 0.15) is 0 Å². The summed E-state index contributed by atoms with van der Waals surface area (Å²) in [5.74, 6) is -0.957. The van der Waals surface area contributed by atoms with Crippen molar-refractivity contribution in [1.82, 2.24) is 4.72 Å². The summed E-state index contributed by atoms with van der Waals surface area (Å²) < 4.78 is 3.16. The molecule has 0 bridgehead atoms. The molecule has 0 fully saturated rings. The molecular formula is C14H12ClNO2S. The molecule has 5 heteroatoms. The Labute approximate surface area is 120 Å². The zero-order valence-corrected chi connectivity index (χ0v) is 11.5. The zero-order valence-electron chi connectivity index (χ0n) is 9.97. The molecular weight excluding hydrogens is 282 g/mol. The molecule has 98 valence electrons. The Balaban J connectivity index is 1.99. The Bertz CT molecular complexity index is 575. The lowest BCUT2D eigenvalue weighted by molar-refractivity contribution is 0.0696. The number of carbonyl (C=O) groups is 1. The third-order valence-electron chi connectivity index (χ3n) is 2.48. The second-order valence-corrected chi connectivity index (χ2v) is 5.20. The van der Waals surface area contributed by atoms with Gasteiger partial charge in [0.05, 0.1) is 10.6 Å². The van der Waals surface area contributed by atoms with Crippen LogP contribution in [0.3, 0.4) is 0 Å². The van der Waals surface area contributed by atoms with E-state index in [1.807, 2.05) is 30.3 Å². The van der Waals surface area contributed by atoms with Gasteiger partial charge in [0, 0.05) is 11.4 Å². The van der Waals surface area contributed by atoms with Crippen LogP contribution in [0.1, 0.15) is 15.9 Å². The Morgan fingerprint density at radius 1 is 1.21 bits per heavy atom. The number of benzene rings is 2. The normalized spacial score (nSPS) is 10.4. The summed E-state index contributed by atoms with van der Waals surface area (Å²) in [5.41, 5.74) is 1.38. The quantitative estimate of drug-likeness (QED) is 0.823. The molecule has 0 amide bonds. The van der Waals surface area contributed by atoms with Crippen molar-refractivity contribution in [3.8, 4) is 0 Å². The standard InChI is InChI=1S/C14H12ClNO2S/c15-12-7-6-11(14(17)18)8-13(12)19-16-9-10-4-2-1-3-5-10/h1-8,16H,9H2,(H,17,18). The first-order chi connectivity index (χ1) is 9.16. The van der Waals surface area contributed by atoms with Crippen LogP contribution in [-0.2, 0) is 6.54 Å². The first-order valence-electron chi connectivity index (χ1n) is 5.63. The fourth-order valence-corrected chi connectivity index (χ4v) is 2.49. The molecule has 0 heterocycles. The summed E-state index contributed by atoms with van der Waals surface area (Å²) >= 11 is 7.36.